The number of anilines is 1. The molecule has 0 radical (unpaired) electrons. The van der Waals surface area contributed by atoms with Crippen LogP contribution in [0.1, 0.15) is 30.1 Å². The van der Waals surface area contributed by atoms with Crippen molar-refractivity contribution >= 4 is 17.3 Å². The number of nitrogens with zero attached hydrogens (tertiary/aromatic N) is 2. The largest absolute Gasteiger partial charge is 0.393 e. The van der Waals surface area contributed by atoms with Gasteiger partial charge in [-0.3, -0.25) is 14.9 Å². The molecule has 7 heteroatoms. The predicted molar refractivity (Wildman–Crippen MR) is 80.5 cm³/mol. The number of rotatable bonds is 7. The van der Waals surface area contributed by atoms with Gasteiger partial charge in [-0.15, -0.1) is 0 Å². The zero-order chi connectivity index (χ0) is 16.0. The average molecular weight is 295 g/mol. The maximum atomic E-state index is 11.9. The molecule has 1 unspecified atom stereocenters. The van der Waals surface area contributed by atoms with Crippen molar-refractivity contribution in [2.24, 2.45) is 0 Å². The van der Waals surface area contributed by atoms with Crippen molar-refractivity contribution in [2.45, 2.75) is 25.9 Å². The minimum Gasteiger partial charge on any atom is -0.393 e. The summed E-state index contributed by atoms with van der Waals surface area (Å²) < 4.78 is 0. The zero-order valence-corrected chi connectivity index (χ0v) is 12.5. The summed E-state index contributed by atoms with van der Waals surface area (Å²) in [4.78, 5) is 23.8. The molecule has 0 aliphatic rings. The summed E-state index contributed by atoms with van der Waals surface area (Å²) in [6, 6.07) is 4.26. The minimum atomic E-state index is -0.485. The van der Waals surface area contributed by atoms with Gasteiger partial charge in [0.1, 0.15) is 5.69 Å². The molecule has 1 amide bonds. The van der Waals surface area contributed by atoms with Crippen molar-refractivity contribution in [2.75, 3.05) is 26.0 Å². The molecular formula is C14H21N3O4. The van der Waals surface area contributed by atoms with Crippen LogP contribution in [0.25, 0.3) is 0 Å². The highest BCUT2D eigenvalue weighted by Crippen LogP contribution is 2.26. The number of carbonyl (C=O) groups excluding carboxylic acids is 1. The van der Waals surface area contributed by atoms with Gasteiger partial charge in [0.05, 0.1) is 11.0 Å². The Kier molecular flexibility index (Phi) is 6.10. The van der Waals surface area contributed by atoms with Gasteiger partial charge >= 0.3 is 0 Å². The van der Waals surface area contributed by atoms with Crippen LogP contribution < -0.4 is 5.32 Å². The topological polar surface area (TPSA) is 95.7 Å². The number of nitrogens with one attached hydrogen (secondary N) is 1. The van der Waals surface area contributed by atoms with Crippen LogP contribution in [0, 0.1) is 10.1 Å². The molecule has 0 aliphatic carbocycles. The number of hydrogen-bond donors (Lipinski definition) is 2. The standard InChI is InChI=1S/C14H21N3O4/c1-10(18)5-4-8-15-12-9-11(14(19)16(2)3)6-7-13(12)17(20)21/h6-7,9-10,15,18H,4-5,8H2,1-3H3. The lowest BCUT2D eigenvalue weighted by Gasteiger charge is -2.12. The van der Waals surface area contributed by atoms with Crippen molar-refractivity contribution in [3.8, 4) is 0 Å². The first-order valence-corrected chi connectivity index (χ1v) is 6.75. The number of benzene rings is 1. The summed E-state index contributed by atoms with van der Waals surface area (Å²) in [7, 11) is 3.25. The highest BCUT2D eigenvalue weighted by atomic mass is 16.6. The van der Waals surface area contributed by atoms with E-state index < -0.39 is 11.0 Å². The fraction of sp³-hybridized carbons (Fsp3) is 0.500. The Balaban J connectivity index is 2.89. The highest BCUT2D eigenvalue weighted by Gasteiger charge is 2.17. The lowest BCUT2D eigenvalue weighted by atomic mass is 10.1. The van der Waals surface area contributed by atoms with E-state index in [4.69, 9.17) is 0 Å². The molecular weight excluding hydrogens is 274 g/mol. The van der Waals surface area contributed by atoms with E-state index in [2.05, 4.69) is 5.32 Å². The van der Waals surface area contributed by atoms with E-state index in [1.807, 2.05) is 0 Å². The molecule has 0 heterocycles. The van der Waals surface area contributed by atoms with Gasteiger partial charge in [-0.2, -0.15) is 0 Å². The monoisotopic (exact) mass is 295 g/mol. The normalized spacial score (nSPS) is 11.8. The lowest BCUT2D eigenvalue weighted by Crippen LogP contribution is -2.21. The number of nitro benzene ring substituents is 1. The van der Waals surface area contributed by atoms with Gasteiger partial charge in [-0.1, -0.05) is 0 Å². The summed E-state index contributed by atoms with van der Waals surface area (Å²) in [5.74, 6) is -0.211. The van der Waals surface area contributed by atoms with E-state index in [1.54, 1.807) is 21.0 Å². The molecule has 116 valence electrons. The Labute approximate surface area is 123 Å². The molecule has 0 saturated heterocycles. The second kappa shape index (κ2) is 7.58. The van der Waals surface area contributed by atoms with Crippen molar-refractivity contribution in [3.05, 3.63) is 33.9 Å². The summed E-state index contributed by atoms with van der Waals surface area (Å²) in [6.07, 6.45) is 0.890. The molecule has 0 bridgehead atoms. The Hall–Kier alpha value is -2.15. The third kappa shape index (κ3) is 5.03. The molecule has 0 fully saturated rings. The van der Waals surface area contributed by atoms with Crippen LogP contribution in [0.4, 0.5) is 11.4 Å². The van der Waals surface area contributed by atoms with Gasteiger partial charge in [0.25, 0.3) is 11.6 Å². The van der Waals surface area contributed by atoms with Crippen molar-refractivity contribution in [1.82, 2.24) is 4.90 Å². The minimum absolute atomic E-state index is 0.0673. The van der Waals surface area contributed by atoms with Crippen molar-refractivity contribution in [1.29, 1.82) is 0 Å². The van der Waals surface area contributed by atoms with Gasteiger partial charge in [0.15, 0.2) is 0 Å². The van der Waals surface area contributed by atoms with Crippen LogP contribution in [-0.2, 0) is 0 Å². The number of carbonyl (C=O) groups is 1. The van der Waals surface area contributed by atoms with E-state index in [0.717, 1.165) is 0 Å². The highest BCUT2D eigenvalue weighted by molar-refractivity contribution is 5.95. The molecule has 0 aliphatic heterocycles. The molecule has 1 rings (SSSR count). The van der Waals surface area contributed by atoms with Crippen LogP contribution in [0.5, 0.6) is 0 Å². The van der Waals surface area contributed by atoms with E-state index in [9.17, 15) is 20.0 Å². The number of aliphatic hydroxyl groups excluding tert-OH is 1. The Morgan fingerprint density at radius 1 is 1.48 bits per heavy atom. The van der Waals surface area contributed by atoms with Gasteiger partial charge < -0.3 is 15.3 Å². The molecule has 2 N–H and O–H groups in total. The van der Waals surface area contributed by atoms with Crippen LogP contribution in [-0.4, -0.2) is 47.6 Å². The Bertz CT molecular complexity index is 515. The van der Waals surface area contributed by atoms with E-state index in [1.165, 1.54) is 23.1 Å². The van der Waals surface area contributed by atoms with Crippen molar-refractivity contribution in [3.63, 3.8) is 0 Å². The molecule has 0 saturated carbocycles. The number of nitro groups is 1. The van der Waals surface area contributed by atoms with Crippen molar-refractivity contribution < 1.29 is 14.8 Å². The predicted octanol–water partition coefficient (Wildman–Crippen LogP) is 1.87. The van der Waals surface area contributed by atoms with Crippen LogP contribution in [0.3, 0.4) is 0 Å². The van der Waals surface area contributed by atoms with Gasteiger partial charge in [0.2, 0.25) is 0 Å². The van der Waals surface area contributed by atoms with Crippen LogP contribution >= 0.6 is 0 Å². The lowest BCUT2D eigenvalue weighted by molar-refractivity contribution is -0.384. The second-order valence-electron chi connectivity index (χ2n) is 5.11. The Morgan fingerprint density at radius 2 is 2.14 bits per heavy atom. The van der Waals surface area contributed by atoms with E-state index >= 15 is 0 Å². The number of amides is 1. The zero-order valence-electron chi connectivity index (χ0n) is 12.5. The third-order valence-corrected chi connectivity index (χ3v) is 2.96. The molecule has 21 heavy (non-hydrogen) atoms. The fourth-order valence-electron chi connectivity index (χ4n) is 1.85. The SMILES string of the molecule is CC(O)CCCNc1cc(C(=O)N(C)C)ccc1[N+](=O)[O-]. The molecule has 0 aromatic heterocycles. The second-order valence-corrected chi connectivity index (χ2v) is 5.11. The Morgan fingerprint density at radius 3 is 2.67 bits per heavy atom. The summed E-state index contributed by atoms with van der Waals surface area (Å²) in [5.41, 5.74) is 0.643. The van der Waals surface area contributed by atoms with E-state index in [-0.39, 0.29) is 11.6 Å². The first-order valence-electron chi connectivity index (χ1n) is 6.75. The quantitative estimate of drug-likeness (QED) is 0.455. The molecule has 0 spiro atoms. The first kappa shape index (κ1) is 16.9. The van der Waals surface area contributed by atoms with Gasteiger partial charge in [-0.05, 0) is 31.9 Å². The maximum absolute atomic E-state index is 11.9. The van der Waals surface area contributed by atoms with Crippen LogP contribution in [0.2, 0.25) is 0 Å². The summed E-state index contributed by atoms with van der Waals surface area (Å²) in [6.45, 7) is 2.18. The molecule has 1 aromatic rings. The van der Waals surface area contributed by atoms with E-state index in [0.29, 0.717) is 30.6 Å². The van der Waals surface area contributed by atoms with Gasteiger partial charge in [0, 0.05) is 32.3 Å². The molecule has 1 atom stereocenters. The average Bonchev–Trinajstić information content (AvgIpc) is 2.42. The first-order chi connectivity index (χ1) is 9.82. The van der Waals surface area contributed by atoms with Gasteiger partial charge in [-0.25, -0.2) is 0 Å². The number of aliphatic hydroxyl groups is 1. The molecule has 1 aromatic carbocycles. The summed E-state index contributed by atoms with van der Waals surface area (Å²) >= 11 is 0. The smallest absolute Gasteiger partial charge is 0.292 e. The molecule has 7 nitrogen and oxygen atoms in total. The fourth-order valence-corrected chi connectivity index (χ4v) is 1.85. The number of hydrogen-bond acceptors (Lipinski definition) is 5. The third-order valence-electron chi connectivity index (χ3n) is 2.96. The summed E-state index contributed by atoms with van der Waals surface area (Å²) in [5, 5.41) is 23.2. The maximum Gasteiger partial charge on any atom is 0.292 e. The van der Waals surface area contributed by atoms with Crippen LogP contribution in [0.15, 0.2) is 18.2 Å².